The van der Waals surface area contributed by atoms with Crippen molar-refractivity contribution in [3.8, 4) is 17.5 Å². The number of benzene rings is 1. The molecule has 0 spiro atoms. The number of aromatic nitrogens is 2. The van der Waals surface area contributed by atoms with Crippen molar-refractivity contribution in [2.75, 3.05) is 13.7 Å². The fraction of sp³-hybridized carbons (Fsp3) is 0.522. The van der Waals surface area contributed by atoms with Gasteiger partial charge in [-0.3, -0.25) is 4.79 Å². The number of rotatable bonds is 10. The number of hydrogen-bond acceptors (Lipinski definition) is 6. The SMILES string of the molecule is COc1ncc(OC2CC(COc3cccc(C(C4CC4)C(C)C(=O)O)c3)C2)cn1. The third-order valence-corrected chi connectivity index (χ3v) is 6.07. The Balaban J connectivity index is 1.27. The van der Waals surface area contributed by atoms with Crippen LogP contribution in [0.25, 0.3) is 0 Å². The average Bonchev–Trinajstić information content (AvgIpc) is 3.55. The van der Waals surface area contributed by atoms with Gasteiger partial charge < -0.3 is 19.3 Å². The monoisotopic (exact) mass is 412 g/mol. The van der Waals surface area contributed by atoms with Gasteiger partial charge in [0.2, 0.25) is 0 Å². The van der Waals surface area contributed by atoms with Gasteiger partial charge in [-0.25, -0.2) is 0 Å². The molecule has 1 aromatic heterocycles. The van der Waals surface area contributed by atoms with E-state index in [1.54, 1.807) is 19.3 Å². The first-order chi connectivity index (χ1) is 14.5. The Labute approximate surface area is 176 Å². The van der Waals surface area contributed by atoms with E-state index < -0.39 is 5.97 Å². The van der Waals surface area contributed by atoms with Crippen LogP contribution in [0.5, 0.6) is 17.5 Å². The third kappa shape index (κ3) is 4.83. The minimum Gasteiger partial charge on any atom is -0.493 e. The van der Waals surface area contributed by atoms with E-state index in [0.29, 0.717) is 30.2 Å². The Hall–Kier alpha value is -2.83. The van der Waals surface area contributed by atoms with Crippen molar-refractivity contribution < 1.29 is 24.1 Å². The van der Waals surface area contributed by atoms with Crippen molar-refractivity contribution in [1.82, 2.24) is 9.97 Å². The number of carboxylic acid groups (broad SMARTS) is 1. The highest BCUT2D eigenvalue weighted by Gasteiger charge is 2.38. The minimum atomic E-state index is -0.735. The lowest BCUT2D eigenvalue weighted by molar-refractivity contribution is -0.142. The molecule has 0 amide bonds. The first-order valence-corrected chi connectivity index (χ1v) is 10.5. The van der Waals surface area contributed by atoms with E-state index in [4.69, 9.17) is 14.2 Å². The lowest BCUT2D eigenvalue weighted by Crippen LogP contribution is -2.37. The van der Waals surface area contributed by atoms with Crippen molar-refractivity contribution in [3.05, 3.63) is 42.2 Å². The van der Waals surface area contributed by atoms with Crippen LogP contribution >= 0.6 is 0 Å². The summed E-state index contributed by atoms with van der Waals surface area (Å²) < 4.78 is 16.8. The molecule has 0 saturated heterocycles. The molecular formula is C23H28N2O5. The Bertz CT molecular complexity index is 862. The largest absolute Gasteiger partial charge is 0.493 e. The van der Waals surface area contributed by atoms with Gasteiger partial charge in [0.25, 0.3) is 0 Å². The van der Waals surface area contributed by atoms with E-state index >= 15 is 0 Å². The van der Waals surface area contributed by atoms with Crippen LogP contribution in [0, 0.1) is 17.8 Å². The summed E-state index contributed by atoms with van der Waals surface area (Å²) in [7, 11) is 1.53. The van der Waals surface area contributed by atoms with E-state index in [2.05, 4.69) is 9.97 Å². The number of methoxy groups -OCH3 is 1. The zero-order chi connectivity index (χ0) is 21.1. The van der Waals surface area contributed by atoms with Crippen molar-refractivity contribution >= 4 is 5.97 Å². The molecule has 2 aliphatic rings. The Morgan fingerprint density at radius 3 is 2.57 bits per heavy atom. The van der Waals surface area contributed by atoms with Crippen LogP contribution in [0.15, 0.2) is 36.7 Å². The van der Waals surface area contributed by atoms with Gasteiger partial charge in [-0.1, -0.05) is 19.1 Å². The molecule has 1 N–H and O–H groups in total. The molecule has 0 radical (unpaired) electrons. The Morgan fingerprint density at radius 2 is 1.93 bits per heavy atom. The second-order valence-corrected chi connectivity index (χ2v) is 8.36. The maximum absolute atomic E-state index is 11.5. The molecule has 2 fully saturated rings. The zero-order valence-corrected chi connectivity index (χ0v) is 17.4. The Morgan fingerprint density at radius 1 is 1.20 bits per heavy atom. The summed E-state index contributed by atoms with van der Waals surface area (Å²) >= 11 is 0. The van der Waals surface area contributed by atoms with Gasteiger partial charge in [0.1, 0.15) is 5.75 Å². The van der Waals surface area contributed by atoms with Crippen LogP contribution in [0.4, 0.5) is 0 Å². The van der Waals surface area contributed by atoms with E-state index in [0.717, 1.165) is 37.0 Å². The summed E-state index contributed by atoms with van der Waals surface area (Å²) in [4.78, 5) is 19.6. The van der Waals surface area contributed by atoms with Gasteiger partial charge in [-0.15, -0.1) is 0 Å². The topological polar surface area (TPSA) is 90.8 Å². The number of carbonyl (C=O) groups is 1. The zero-order valence-electron chi connectivity index (χ0n) is 17.4. The summed E-state index contributed by atoms with van der Waals surface area (Å²) in [6.45, 7) is 2.44. The van der Waals surface area contributed by atoms with Crippen molar-refractivity contribution in [2.24, 2.45) is 17.8 Å². The lowest BCUT2D eigenvalue weighted by atomic mass is 9.82. The van der Waals surface area contributed by atoms with Gasteiger partial charge in [-0.05, 0) is 61.1 Å². The average molecular weight is 412 g/mol. The van der Waals surface area contributed by atoms with E-state index in [9.17, 15) is 9.90 Å². The lowest BCUT2D eigenvalue weighted by Gasteiger charge is -2.35. The molecule has 4 rings (SSSR count). The third-order valence-electron chi connectivity index (χ3n) is 6.07. The molecule has 2 saturated carbocycles. The van der Waals surface area contributed by atoms with Gasteiger partial charge in [-0.2, -0.15) is 9.97 Å². The second kappa shape index (κ2) is 8.90. The van der Waals surface area contributed by atoms with E-state index in [1.807, 2.05) is 24.3 Å². The number of hydrogen-bond donors (Lipinski definition) is 1. The summed E-state index contributed by atoms with van der Waals surface area (Å²) in [6, 6.07) is 8.28. The summed E-state index contributed by atoms with van der Waals surface area (Å²) in [6.07, 6.45) is 7.45. The molecule has 2 aromatic rings. The molecule has 2 atom stereocenters. The smallest absolute Gasteiger partial charge is 0.316 e. The van der Waals surface area contributed by atoms with Crippen LogP contribution in [-0.2, 0) is 4.79 Å². The summed E-state index contributed by atoms with van der Waals surface area (Å²) in [5, 5.41) is 9.47. The fourth-order valence-corrected chi connectivity index (χ4v) is 4.17. The van der Waals surface area contributed by atoms with Crippen LogP contribution in [0.2, 0.25) is 0 Å². The van der Waals surface area contributed by atoms with Crippen molar-refractivity contribution in [3.63, 3.8) is 0 Å². The van der Waals surface area contributed by atoms with Crippen LogP contribution in [0.3, 0.4) is 0 Å². The van der Waals surface area contributed by atoms with Gasteiger partial charge in [0, 0.05) is 0 Å². The first-order valence-electron chi connectivity index (χ1n) is 10.5. The number of ether oxygens (including phenoxy) is 3. The van der Waals surface area contributed by atoms with Gasteiger partial charge >= 0.3 is 12.0 Å². The molecule has 2 unspecified atom stereocenters. The van der Waals surface area contributed by atoms with E-state index in [-0.39, 0.29) is 17.9 Å². The highest BCUT2D eigenvalue weighted by Crippen LogP contribution is 2.47. The minimum absolute atomic E-state index is 0.0549. The van der Waals surface area contributed by atoms with Crippen LogP contribution in [0.1, 0.15) is 44.1 Å². The predicted molar refractivity (Wildman–Crippen MR) is 110 cm³/mol. The second-order valence-electron chi connectivity index (χ2n) is 8.36. The molecule has 160 valence electrons. The normalized spacial score (nSPS) is 22.5. The number of carboxylic acids is 1. The molecular weight excluding hydrogens is 384 g/mol. The maximum Gasteiger partial charge on any atom is 0.316 e. The highest BCUT2D eigenvalue weighted by atomic mass is 16.5. The van der Waals surface area contributed by atoms with Gasteiger partial charge in [0.15, 0.2) is 5.75 Å². The van der Waals surface area contributed by atoms with Crippen LogP contribution in [-0.4, -0.2) is 40.9 Å². The quantitative estimate of drug-likeness (QED) is 0.632. The fourth-order valence-electron chi connectivity index (χ4n) is 4.17. The van der Waals surface area contributed by atoms with Crippen LogP contribution < -0.4 is 14.2 Å². The molecule has 0 aliphatic heterocycles. The number of aliphatic carboxylic acids is 1. The van der Waals surface area contributed by atoms with E-state index in [1.165, 1.54) is 7.11 Å². The molecule has 0 bridgehead atoms. The van der Waals surface area contributed by atoms with Crippen molar-refractivity contribution in [1.29, 1.82) is 0 Å². The molecule has 7 nitrogen and oxygen atoms in total. The summed E-state index contributed by atoms with van der Waals surface area (Å²) in [5.74, 6) is 1.29. The molecule has 1 heterocycles. The molecule has 7 heteroatoms. The maximum atomic E-state index is 11.5. The van der Waals surface area contributed by atoms with Crippen molar-refractivity contribution in [2.45, 2.75) is 44.6 Å². The number of nitrogens with zero attached hydrogens (tertiary/aromatic N) is 2. The highest BCUT2D eigenvalue weighted by molar-refractivity contribution is 5.71. The molecule has 2 aliphatic carbocycles. The summed E-state index contributed by atoms with van der Waals surface area (Å²) in [5.41, 5.74) is 1.07. The standard InChI is InChI=1S/C23H28N2O5/c1-14(22(26)27)21(16-6-7-16)17-4-3-5-18(10-17)29-13-15-8-19(9-15)30-20-11-24-23(28-2)25-12-20/h3-5,10-12,14-16,19,21H,6-9,13H2,1-2H3,(H,26,27). The molecule has 1 aromatic carbocycles. The Kier molecular flexibility index (Phi) is 6.06. The predicted octanol–water partition coefficient (Wildman–Crippen LogP) is 3.94. The molecule has 30 heavy (non-hydrogen) atoms. The first kappa shape index (κ1) is 20.4. The van der Waals surface area contributed by atoms with Gasteiger partial charge in [0.05, 0.1) is 38.1 Å².